The van der Waals surface area contributed by atoms with E-state index >= 15 is 0 Å². The third-order valence-corrected chi connectivity index (χ3v) is 5.51. The van der Waals surface area contributed by atoms with Gasteiger partial charge < -0.3 is 19.9 Å². The van der Waals surface area contributed by atoms with Crippen molar-refractivity contribution in [1.82, 2.24) is 4.98 Å². The number of nitrogens with zero attached hydrogens (tertiary/aromatic N) is 1. The third-order valence-electron chi connectivity index (χ3n) is 5.02. The average Bonchev–Trinajstić information content (AvgIpc) is 2.66. The first-order chi connectivity index (χ1) is 13.4. The molecule has 0 radical (unpaired) electrons. The van der Waals surface area contributed by atoms with E-state index in [2.05, 4.69) is 29.4 Å². The van der Waals surface area contributed by atoms with Crippen molar-refractivity contribution in [2.24, 2.45) is 0 Å². The Labute approximate surface area is 175 Å². The Morgan fingerprint density at radius 3 is 2.57 bits per heavy atom. The van der Waals surface area contributed by atoms with Crippen LogP contribution in [0.25, 0.3) is 0 Å². The van der Waals surface area contributed by atoms with Gasteiger partial charge in [0, 0.05) is 11.8 Å². The number of aromatic nitrogens is 1. The van der Waals surface area contributed by atoms with E-state index in [1.165, 1.54) is 27.1 Å². The van der Waals surface area contributed by atoms with Gasteiger partial charge in [0.05, 0.1) is 17.2 Å². The maximum atomic E-state index is 12.3. The molecule has 1 fully saturated rings. The van der Waals surface area contributed by atoms with Crippen molar-refractivity contribution in [1.29, 1.82) is 0 Å². The molecule has 6 nitrogen and oxygen atoms in total. The number of hydrogen-bond acceptors (Lipinski definition) is 3. The second-order valence-corrected chi connectivity index (χ2v) is 8.04. The fraction of sp³-hybridized carbons (Fsp3) is 0.400. The maximum Gasteiger partial charge on any atom is 0.280 e. The van der Waals surface area contributed by atoms with Crippen molar-refractivity contribution in [3.63, 3.8) is 0 Å². The van der Waals surface area contributed by atoms with Crippen molar-refractivity contribution in [3.05, 3.63) is 51.6 Å². The SMILES string of the molecule is COc1ccc(C)cc1C[NH+]1CC[NH+](CC(=O)Nc2ncc(Cl)cc2Cl)CC1. The van der Waals surface area contributed by atoms with Crippen molar-refractivity contribution in [2.75, 3.05) is 45.2 Å². The number of aryl methyl sites for hydroxylation is 1. The first-order valence-electron chi connectivity index (χ1n) is 9.36. The van der Waals surface area contributed by atoms with Gasteiger partial charge in [0.2, 0.25) is 0 Å². The normalized spacial score (nSPS) is 19.3. The fourth-order valence-corrected chi connectivity index (χ4v) is 3.96. The minimum Gasteiger partial charge on any atom is -0.496 e. The number of halogens is 2. The molecule has 1 amide bonds. The predicted octanol–water partition coefficient (Wildman–Crippen LogP) is 0.628. The summed E-state index contributed by atoms with van der Waals surface area (Å²) in [5.74, 6) is 1.21. The van der Waals surface area contributed by atoms with E-state index in [1.54, 1.807) is 13.2 Å². The zero-order valence-electron chi connectivity index (χ0n) is 16.1. The van der Waals surface area contributed by atoms with Crippen molar-refractivity contribution in [2.45, 2.75) is 13.5 Å². The summed E-state index contributed by atoms with van der Waals surface area (Å²) in [6.45, 7) is 7.35. The van der Waals surface area contributed by atoms with Gasteiger partial charge in [-0.15, -0.1) is 0 Å². The topological polar surface area (TPSA) is 60.1 Å². The molecular formula is C20H26Cl2N4O2+2. The molecular weight excluding hydrogens is 399 g/mol. The van der Waals surface area contributed by atoms with Crippen LogP contribution in [0.5, 0.6) is 5.75 Å². The summed E-state index contributed by atoms with van der Waals surface area (Å²) in [7, 11) is 1.71. The molecule has 1 aromatic carbocycles. The van der Waals surface area contributed by atoms with E-state index < -0.39 is 0 Å². The van der Waals surface area contributed by atoms with Crippen LogP contribution in [0.1, 0.15) is 11.1 Å². The molecule has 0 spiro atoms. The average molecular weight is 425 g/mol. The summed E-state index contributed by atoms with van der Waals surface area (Å²) in [5.41, 5.74) is 2.48. The minimum absolute atomic E-state index is 0.0875. The molecule has 150 valence electrons. The van der Waals surface area contributed by atoms with Crippen LogP contribution in [-0.4, -0.2) is 50.7 Å². The summed E-state index contributed by atoms with van der Waals surface area (Å²) in [4.78, 5) is 19.2. The molecule has 1 aliphatic rings. The number of carbonyl (C=O) groups excluding carboxylic acids is 1. The maximum absolute atomic E-state index is 12.3. The number of amides is 1. The molecule has 3 rings (SSSR count). The molecule has 0 atom stereocenters. The number of ether oxygens (including phenoxy) is 1. The number of methoxy groups -OCH3 is 1. The van der Waals surface area contributed by atoms with E-state index in [1.807, 2.05) is 6.07 Å². The van der Waals surface area contributed by atoms with Crippen LogP contribution in [0.4, 0.5) is 5.82 Å². The van der Waals surface area contributed by atoms with Gasteiger partial charge in [0.1, 0.15) is 38.5 Å². The van der Waals surface area contributed by atoms with Crippen molar-refractivity contribution in [3.8, 4) is 5.75 Å². The predicted molar refractivity (Wildman–Crippen MR) is 111 cm³/mol. The second kappa shape index (κ2) is 9.56. The lowest BCUT2D eigenvalue weighted by Crippen LogP contribution is -3.28. The number of nitrogens with one attached hydrogen (secondary N) is 3. The fourth-order valence-electron chi connectivity index (χ4n) is 3.54. The molecule has 0 aliphatic carbocycles. The number of benzene rings is 1. The highest BCUT2D eigenvalue weighted by molar-refractivity contribution is 6.36. The van der Waals surface area contributed by atoms with Gasteiger partial charge in [-0.1, -0.05) is 34.8 Å². The van der Waals surface area contributed by atoms with Crippen LogP contribution in [0.3, 0.4) is 0 Å². The lowest BCUT2D eigenvalue weighted by Gasteiger charge is -2.29. The van der Waals surface area contributed by atoms with Crippen LogP contribution < -0.4 is 19.9 Å². The zero-order valence-corrected chi connectivity index (χ0v) is 17.7. The van der Waals surface area contributed by atoms with Gasteiger partial charge in [-0.25, -0.2) is 4.98 Å². The number of carbonyl (C=O) groups is 1. The van der Waals surface area contributed by atoms with Gasteiger partial charge >= 0.3 is 0 Å². The van der Waals surface area contributed by atoms with Gasteiger partial charge in [-0.2, -0.15) is 0 Å². The number of hydrogen-bond donors (Lipinski definition) is 3. The molecule has 28 heavy (non-hydrogen) atoms. The van der Waals surface area contributed by atoms with Gasteiger partial charge in [-0.05, 0) is 25.1 Å². The summed E-state index contributed by atoms with van der Waals surface area (Å²) in [6.07, 6.45) is 1.47. The molecule has 3 N–H and O–H groups in total. The smallest absolute Gasteiger partial charge is 0.280 e. The largest absolute Gasteiger partial charge is 0.496 e. The summed E-state index contributed by atoms with van der Waals surface area (Å²) in [6, 6.07) is 7.87. The highest BCUT2D eigenvalue weighted by Crippen LogP contribution is 2.22. The highest BCUT2D eigenvalue weighted by Gasteiger charge is 2.26. The molecule has 0 saturated carbocycles. The molecule has 1 aromatic heterocycles. The van der Waals surface area contributed by atoms with E-state index in [9.17, 15) is 4.79 Å². The lowest BCUT2D eigenvalue weighted by molar-refractivity contribution is -1.02. The number of quaternary nitrogens is 2. The van der Waals surface area contributed by atoms with Gasteiger partial charge in [0.15, 0.2) is 12.4 Å². The standard InChI is InChI=1S/C20H24Cl2N4O2/c1-14-3-4-18(28-2)15(9-14)12-25-5-7-26(8-6-25)13-19(27)24-20-17(22)10-16(21)11-23-20/h3-4,9-11H,5-8,12-13H2,1-2H3,(H,23,24,27)/p+2. The lowest BCUT2D eigenvalue weighted by atomic mass is 10.1. The Kier molecular flexibility index (Phi) is 7.13. The number of anilines is 1. The van der Waals surface area contributed by atoms with E-state index in [0.717, 1.165) is 38.5 Å². The third kappa shape index (κ3) is 5.58. The van der Waals surface area contributed by atoms with Crippen LogP contribution in [0, 0.1) is 6.92 Å². The quantitative estimate of drug-likeness (QED) is 0.637. The Morgan fingerprint density at radius 1 is 1.18 bits per heavy atom. The highest BCUT2D eigenvalue weighted by atomic mass is 35.5. The van der Waals surface area contributed by atoms with Crippen LogP contribution in [0.15, 0.2) is 30.5 Å². The summed E-state index contributed by atoms with van der Waals surface area (Å²) < 4.78 is 5.49. The Hall–Kier alpha value is -1.86. The molecule has 2 aromatic rings. The van der Waals surface area contributed by atoms with Gasteiger partial charge in [-0.3, -0.25) is 4.79 Å². The monoisotopic (exact) mass is 424 g/mol. The van der Waals surface area contributed by atoms with E-state index in [-0.39, 0.29) is 5.91 Å². The van der Waals surface area contributed by atoms with E-state index in [0.29, 0.717) is 22.4 Å². The molecule has 0 bridgehead atoms. The summed E-state index contributed by atoms with van der Waals surface area (Å²) in [5, 5.41) is 3.56. The van der Waals surface area contributed by atoms with Crippen LogP contribution in [0.2, 0.25) is 10.0 Å². The molecule has 1 saturated heterocycles. The first-order valence-corrected chi connectivity index (χ1v) is 10.1. The molecule has 0 unspecified atom stereocenters. The van der Waals surface area contributed by atoms with Crippen LogP contribution >= 0.6 is 23.2 Å². The Balaban J connectivity index is 1.49. The number of rotatable bonds is 6. The molecule has 2 heterocycles. The number of pyridine rings is 1. The second-order valence-electron chi connectivity index (χ2n) is 7.20. The Morgan fingerprint density at radius 2 is 1.89 bits per heavy atom. The van der Waals surface area contributed by atoms with Crippen molar-refractivity contribution >= 4 is 34.9 Å². The number of piperazine rings is 1. The van der Waals surface area contributed by atoms with Gasteiger partial charge in [0.25, 0.3) is 5.91 Å². The van der Waals surface area contributed by atoms with Crippen LogP contribution in [-0.2, 0) is 11.3 Å². The van der Waals surface area contributed by atoms with Crippen molar-refractivity contribution < 1.29 is 19.3 Å². The van der Waals surface area contributed by atoms with E-state index in [4.69, 9.17) is 27.9 Å². The molecule has 8 heteroatoms. The first kappa shape index (κ1) is 20.9. The Bertz CT molecular complexity index is 839. The molecule has 1 aliphatic heterocycles. The minimum atomic E-state index is -0.0875. The summed E-state index contributed by atoms with van der Waals surface area (Å²) >= 11 is 11.9. The zero-order chi connectivity index (χ0) is 20.1.